The Labute approximate surface area is 111 Å². The first kappa shape index (κ1) is 15.0. The summed E-state index contributed by atoms with van der Waals surface area (Å²) in [4.78, 5) is 0. The van der Waals surface area contributed by atoms with Crippen molar-refractivity contribution in [2.24, 2.45) is 5.92 Å². The van der Waals surface area contributed by atoms with Crippen LogP contribution >= 0.6 is 0 Å². The molecule has 2 unspecified atom stereocenters. The van der Waals surface area contributed by atoms with Gasteiger partial charge in [-0.15, -0.1) is 0 Å². The highest BCUT2D eigenvalue weighted by molar-refractivity contribution is 5.27. The van der Waals surface area contributed by atoms with E-state index in [-0.39, 0.29) is 6.10 Å². The van der Waals surface area contributed by atoms with E-state index in [1.165, 1.54) is 18.4 Å². The SMILES string of the molecule is CCCCC(C)C(O)CCc1ccc(OC)cc1. The van der Waals surface area contributed by atoms with E-state index < -0.39 is 0 Å². The fourth-order valence-electron chi connectivity index (χ4n) is 2.11. The molecule has 0 heterocycles. The van der Waals surface area contributed by atoms with Crippen molar-refractivity contribution in [2.75, 3.05) is 7.11 Å². The Kier molecular flexibility index (Phi) is 6.81. The molecule has 102 valence electrons. The number of aryl methyl sites for hydroxylation is 1. The summed E-state index contributed by atoms with van der Waals surface area (Å²) in [6.07, 6.45) is 5.13. The maximum Gasteiger partial charge on any atom is 0.118 e. The van der Waals surface area contributed by atoms with Crippen molar-refractivity contribution in [1.82, 2.24) is 0 Å². The minimum absolute atomic E-state index is 0.182. The van der Waals surface area contributed by atoms with Gasteiger partial charge in [0, 0.05) is 0 Å². The first-order valence-electron chi connectivity index (χ1n) is 6.98. The van der Waals surface area contributed by atoms with Crippen molar-refractivity contribution >= 4 is 0 Å². The molecule has 2 nitrogen and oxygen atoms in total. The number of ether oxygens (including phenoxy) is 1. The zero-order valence-corrected chi connectivity index (χ0v) is 11.9. The number of methoxy groups -OCH3 is 1. The molecule has 0 aliphatic heterocycles. The first-order valence-corrected chi connectivity index (χ1v) is 6.98. The van der Waals surface area contributed by atoms with Crippen LogP contribution < -0.4 is 4.74 Å². The lowest BCUT2D eigenvalue weighted by Crippen LogP contribution is -2.18. The van der Waals surface area contributed by atoms with E-state index in [2.05, 4.69) is 26.0 Å². The largest absolute Gasteiger partial charge is 0.497 e. The van der Waals surface area contributed by atoms with Crippen molar-refractivity contribution in [3.05, 3.63) is 29.8 Å². The van der Waals surface area contributed by atoms with Crippen LogP contribution in [0.1, 0.15) is 45.1 Å². The van der Waals surface area contributed by atoms with Crippen molar-refractivity contribution in [1.29, 1.82) is 0 Å². The Morgan fingerprint density at radius 2 is 1.83 bits per heavy atom. The van der Waals surface area contributed by atoms with Crippen molar-refractivity contribution in [3.63, 3.8) is 0 Å². The predicted molar refractivity (Wildman–Crippen MR) is 76.0 cm³/mol. The van der Waals surface area contributed by atoms with Gasteiger partial charge < -0.3 is 9.84 Å². The molecule has 0 saturated heterocycles. The molecule has 18 heavy (non-hydrogen) atoms. The fraction of sp³-hybridized carbons (Fsp3) is 0.625. The number of unbranched alkanes of at least 4 members (excludes halogenated alkanes) is 1. The second-order valence-electron chi connectivity index (χ2n) is 5.07. The predicted octanol–water partition coefficient (Wildman–Crippen LogP) is 3.82. The smallest absolute Gasteiger partial charge is 0.118 e. The number of aliphatic hydroxyl groups excluding tert-OH is 1. The Morgan fingerprint density at radius 1 is 1.17 bits per heavy atom. The zero-order chi connectivity index (χ0) is 13.4. The Hall–Kier alpha value is -1.02. The maximum absolute atomic E-state index is 10.1. The lowest BCUT2D eigenvalue weighted by molar-refractivity contribution is 0.102. The minimum Gasteiger partial charge on any atom is -0.497 e. The van der Waals surface area contributed by atoms with Crippen LogP contribution in [0, 0.1) is 5.92 Å². The van der Waals surface area contributed by atoms with E-state index in [4.69, 9.17) is 4.74 Å². The third-order valence-electron chi connectivity index (χ3n) is 3.56. The maximum atomic E-state index is 10.1. The van der Waals surface area contributed by atoms with Crippen molar-refractivity contribution in [3.8, 4) is 5.75 Å². The molecule has 0 aromatic heterocycles. The molecule has 0 spiro atoms. The van der Waals surface area contributed by atoms with Gasteiger partial charge >= 0.3 is 0 Å². The topological polar surface area (TPSA) is 29.5 Å². The van der Waals surface area contributed by atoms with Crippen molar-refractivity contribution < 1.29 is 9.84 Å². The zero-order valence-electron chi connectivity index (χ0n) is 11.9. The lowest BCUT2D eigenvalue weighted by Gasteiger charge is -2.18. The van der Waals surface area contributed by atoms with Crippen LogP contribution in [0.25, 0.3) is 0 Å². The second-order valence-corrected chi connectivity index (χ2v) is 5.07. The Balaban J connectivity index is 2.34. The van der Waals surface area contributed by atoms with Crippen LogP contribution in [-0.2, 0) is 6.42 Å². The van der Waals surface area contributed by atoms with Gasteiger partial charge in [0.25, 0.3) is 0 Å². The molecule has 1 aromatic carbocycles. The molecule has 0 fully saturated rings. The molecule has 0 saturated carbocycles. The van der Waals surface area contributed by atoms with Gasteiger partial charge in [-0.3, -0.25) is 0 Å². The average molecular weight is 250 g/mol. The van der Waals surface area contributed by atoms with Gasteiger partial charge in [0.05, 0.1) is 13.2 Å². The van der Waals surface area contributed by atoms with Crippen LogP contribution in [0.4, 0.5) is 0 Å². The third kappa shape index (κ3) is 5.09. The fourth-order valence-corrected chi connectivity index (χ4v) is 2.11. The number of hydrogen-bond acceptors (Lipinski definition) is 2. The van der Waals surface area contributed by atoms with E-state index in [0.717, 1.165) is 25.0 Å². The second kappa shape index (κ2) is 8.15. The standard InChI is InChI=1S/C16H26O2/c1-4-5-6-13(2)16(17)12-9-14-7-10-15(18-3)11-8-14/h7-8,10-11,13,16-17H,4-6,9,12H2,1-3H3. The van der Waals surface area contributed by atoms with Crippen LogP contribution in [-0.4, -0.2) is 18.3 Å². The van der Waals surface area contributed by atoms with Crippen LogP contribution in [0.15, 0.2) is 24.3 Å². The monoisotopic (exact) mass is 250 g/mol. The highest BCUT2D eigenvalue weighted by Gasteiger charge is 2.13. The molecule has 0 aliphatic rings. The van der Waals surface area contributed by atoms with Crippen molar-refractivity contribution in [2.45, 2.75) is 52.1 Å². The summed E-state index contributed by atoms with van der Waals surface area (Å²) >= 11 is 0. The van der Waals surface area contributed by atoms with E-state index in [9.17, 15) is 5.11 Å². The quantitative estimate of drug-likeness (QED) is 0.760. The third-order valence-corrected chi connectivity index (χ3v) is 3.56. The minimum atomic E-state index is -0.182. The molecule has 0 bridgehead atoms. The molecule has 1 rings (SSSR count). The van der Waals surface area contributed by atoms with Gasteiger partial charge in [-0.1, -0.05) is 38.8 Å². The van der Waals surface area contributed by atoms with E-state index in [1.807, 2.05) is 12.1 Å². The molecule has 2 atom stereocenters. The summed E-state index contributed by atoms with van der Waals surface area (Å²) in [5.41, 5.74) is 1.26. The van der Waals surface area contributed by atoms with Crippen LogP contribution in [0.5, 0.6) is 5.75 Å². The molecule has 2 heteroatoms. The highest BCUT2D eigenvalue weighted by Crippen LogP contribution is 2.18. The summed E-state index contributed by atoms with van der Waals surface area (Å²) < 4.78 is 5.13. The molecule has 0 amide bonds. The highest BCUT2D eigenvalue weighted by atomic mass is 16.5. The van der Waals surface area contributed by atoms with Crippen LogP contribution in [0.3, 0.4) is 0 Å². The molecule has 1 aromatic rings. The normalized spacial score (nSPS) is 14.2. The van der Waals surface area contributed by atoms with E-state index in [0.29, 0.717) is 5.92 Å². The van der Waals surface area contributed by atoms with Gasteiger partial charge in [0.2, 0.25) is 0 Å². The average Bonchev–Trinajstić information content (AvgIpc) is 2.42. The van der Waals surface area contributed by atoms with Gasteiger partial charge in [-0.2, -0.15) is 0 Å². The van der Waals surface area contributed by atoms with E-state index in [1.54, 1.807) is 7.11 Å². The molecule has 1 N–H and O–H groups in total. The van der Waals surface area contributed by atoms with Gasteiger partial charge in [0.1, 0.15) is 5.75 Å². The molecular formula is C16H26O2. The summed E-state index contributed by atoms with van der Waals surface area (Å²) in [6.45, 7) is 4.34. The number of rotatable bonds is 8. The van der Waals surface area contributed by atoms with Gasteiger partial charge in [-0.25, -0.2) is 0 Å². The number of aliphatic hydroxyl groups is 1. The van der Waals surface area contributed by atoms with Crippen LogP contribution in [0.2, 0.25) is 0 Å². The molecular weight excluding hydrogens is 224 g/mol. The first-order chi connectivity index (χ1) is 8.67. The summed E-state index contributed by atoms with van der Waals surface area (Å²) in [5, 5.41) is 10.1. The van der Waals surface area contributed by atoms with Gasteiger partial charge in [-0.05, 0) is 42.9 Å². The lowest BCUT2D eigenvalue weighted by atomic mass is 9.93. The molecule has 0 aliphatic carbocycles. The number of benzene rings is 1. The summed E-state index contributed by atoms with van der Waals surface area (Å²) in [6, 6.07) is 8.09. The number of hydrogen-bond donors (Lipinski definition) is 1. The van der Waals surface area contributed by atoms with E-state index >= 15 is 0 Å². The summed E-state index contributed by atoms with van der Waals surface area (Å²) in [5.74, 6) is 1.29. The molecule has 0 radical (unpaired) electrons. The summed E-state index contributed by atoms with van der Waals surface area (Å²) in [7, 11) is 1.67. The Morgan fingerprint density at radius 3 is 2.39 bits per heavy atom. The Bertz CT molecular complexity index is 318. The van der Waals surface area contributed by atoms with Gasteiger partial charge in [0.15, 0.2) is 0 Å².